The zero-order valence-electron chi connectivity index (χ0n) is 7.58. The normalized spacial score (nSPS) is 8.93. The van der Waals surface area contributed by atoms with Crippen LogP contribution in [0, 0.1) is 0 Å². The molecule has 0 bridgehead atoms. The molecule has 7 heteroatoms. The SMILES string of the molecule is O=C(O)c1ccoc1C(=O)O.OCCO. The standard InChI is InChI=1S/C6H4O5.C2H6O2/c7-5(8)3-1-2-11-4(3)6(9)10;3-1-2-4/h1-2H,(H,7,8)(H,9,10);3-4H,1-2H2. The second-order valence-corrected chi connectivity index (χ2v) is 2.22. The Kier molecular flexibility index (Phi) is 5.76. The first-order valence-corrected chi connectivity index (χ1v) is 3.80. The highest BCUT2D eigenvalue weighted by atomic mass is 16.4. The van der Waals surface area contributed by atoms with Crippen molar-refractivity contribution < 1.29 is 34.4 Å². The summed E-state index contributed by atoms with van der Waals surface area (Å²) in [6, 6.07) is 1.09. The Morgan fingerprint density at radius 3 is 1.93 bits per heavy atom. The van der Waals surface area contributed by atoms with E-state index >= 15 is 0 Å². The third kappa shape index (κ3) is 4.25. The van der Waals surface area contributed by atoms with Gasteiger partial charge in [0.2, 0.25) is 5.76 Å². The molecule has 1 aromatic rings. The first-order chi connectivity index (χ1) is 7.04. The lowest BCUT2D eigenvalue weighted by Gasteiger charge is -1.88. The molecule has 1 rings (SSSR count). The van der Waals surface area contributed by atoms with Crippen LogP contribution in [0.4, 0.5) is 0 Å². The van der Waals surface area contributed by atoms with Crippen LogP contribution in [0.25, 0.3) is 0 Å². The molecule has 0 saturated carbocycles. The Morgan fingerprint density at radius 1 is 1.13 bits per heavy atom. The van der Waals surface area contributed by atoms with Crippen LogP contribution < -0.4 is 0 Å². The molecule has 0 aliphatic heterocycles. The predicted molar refractivity (Wildman–Crippen MR) is 46.8 cm³/mol. The minimum absolute atomic E-state index is 0.125. The maximum Gasteiger partial charge on any atom is 0.372 e. The van der Waals surface area contributed by atoms with Crippen LogP contribution in [0.1, 0.15) is 20.9 Å². The summed E-state index contributed by atoms with van der Waals surface area (Å²) in [5, 5.41) is 32.0. The average molecular weight is 218 g/mol. The number of aliphatic hydroxyl groups is 2. The molecule has 4 N–H and O–H groups in total. The van der Waals surface area contributed by atoms with Crippen LogP contribution in [0.3, 0.4) is 0 Å². The highest BCUT2D eigenvalue weighted by Crippen LogP contribution is 2.09. The molecule has 15 heavy (non-hydrogen) atoms. The van der Waals surface area contributed by atoms with E-state index in [1.54, 1.807) is 0 Å². The molecule has 0 aliphatic rings. The van der Waals surface area contributed by atoms with Gasteiger partial charge in [-0.05, 0) is 6.07 Å². The number of hydrogen-bond acceptors (Lipinski definition) is 5. The molecule has 0 unspecified atom stereocenters. The first-order valence-electron chi connectivity index (χ1n) is 3.80. The van der Waals surface area contributed by atoms with E-state index in [4.69, 9.17) is 20.4 Å². The smallest absolute Gasteiger partial charge is 0.372 e. The van der Waals surface area contributed by atoms with Crippen molar-refractivity contribution in [1.82, 2.24) is 0 Å². The second-order valence-electron chi connectivity index (χ2n) is 2.22. The molecule has 0 spiro atoms. The number of carboxylic acid groups (broad SMARTS) is 2. The number of carbonyl (C=O) groups is 2. The van der Waals surface area contributed by atoms with E-state index in [1.165, 1.54) is 0 Å². The van der Waals surface area contributed by atoms with E-state index in [1.807, 2.05) is 0 Å². The number of hydrogen-bond donors (Lipinski definition) is 4. The fraction of sp³-hybridized carbons (Fsp3) is 0.250. The lowest BCUT2D eigenvalue weighted by molar-refractivity contribution is 0.0626. The van der Waals surface area contributed by atoms with Gasteiger partial charge in [0.25, 0.3) is 0 Å². The Labute approximate surface area is 84.2 Å². The predicted octanol–water partition coefficient (Wildman–Crippen LogP) is -0.353. The van der Waals surface area contributed by atoms with Gasteiger partial charge in [0.05, 0.1) is 19.5 Å². The van der Waals surface area contributed by atoms with Crippen molar-refractivity contribution in [1.29, 1.82) is 0 Å². The molecule has 0 radical (unpaired) electrons. The minimum Gasteiger partial charge on any atom is -0.478 e. The summed E-state index contributed by atoms with van der Waals surface area (Å²) >= 11 is 0. The van der Waals surface area contributed by atoms with Crippen LogP contribution in [-0.2, 0) is 0 Å². The van der Waals surface area contributed by atoms with Crippen LogP contribution >= 0.6 is 0 Å². The number of rotatable bonds is 3. The molecule has 1 heterocycles. The average Bonchev–Trinajstić information content (AvgIpc) is 2.66. The molecule has 0 aliphatic carbocycles. The van der Waals surface area contributed by atoms with Gasteiger partial charge in [-0.2, -0.15) is 0 Å². The quantitative estimate of drug-likeness (QED) is 0.545. The van der Waals surface area contributed by atoms with Crippen molar-refractivity contribution in [2.24, 2.45) is 0 Å². The molecule has 1 aromatic heterocycles. The highest BCUT2D eigenvalue weighted by molar-refractivity contribution is 5.99. The molecular formula is C8H10O7. The number of aliphatic hydroxyl groups excluding tert-OH is 2. The third-order valence-electron chi connectivity index (χ3n) is 1.19. The number of aromatic carboxylic acids is 2. The van der Waals surface area contributed by atoms with Crippen molar-refractivity contribution in [3.63, 3.8) is 0 Å². The van der Waals surface area contributed by atoms with Crippen molar-refractivity contribution in [3.05, 3.63) is 23.7 Å². The van der Waals surface area contributed by atoms with Gasteiger partial charge >= 0.3 is 11.9 Å². The van der Waals surface area contributed by atoms with Gasteiger partial charge in [0.15, 0.2) is 0 Å². The Hall–Kier alpha value is -1.86. The Bertz CT molecular complexity index is 297. The highest BCUT2D eigenvalue weighted by Gasteiger charge is 2.18. The lowest BCUT2D eigenvalue weighted by atomic mass is 10.2. The largest absolute Gasteiger partial charge is 0.478 e. The van der Waals surface area contributed by atoms with Gasteiger partial charge in [-0.1, -0.05) is 0 Å². The van der Waals surface area contributed by atoms with Crippen molar-refractivity contribution >= 4 is 11.9 Å². The van der Waals surface area contributed by atoms with Gasteiger partial charge in [-0.15, -0.1) is 0 Å². The Balaban J connectivity index is 0.000000423. The van der Waals surface area contributed by atoms with E-state index in [2.05, 4.69) is 4.42 Å². The summed E-state index contributed by atoms with van der Waals surface area (Å²) < 4.78 is 4.41. The van der Waals surface area contributed by atoms with Crippen LogP contribution in [0.5, 0.6) is 0 Å². The van der Waals surface area contributed by atoms with E-state index in [0.717, 1.165) is 12.3 Å². The van der Waals surface area contributed by atoms with Gasteiger partial charge in [-0.25, -0.2) is 9.59 Å². The van der Waals surface area contributed by atoms with E-state index in [9.17, 15) is 9.59 Å². The molecule has 0 aromatic carbocycles. The van der Waals surface area contributed by atoms with Crippen molar-refractivity contribution in [2.45, 2.75) is 0 Å². The van der Waals surface area contributed by atoms with E-state index in [0.29, 0.717) is 0 Å². The molecule has 0 saturated heterocycles. The topological polar surface area (TPSA) is 128 Å². The summed E-state index contributed by atoms with van der Waals surface area (Å²) in [5.74, 6) is -3.24. The van der Waals surface area contributed by atoms with Crippen LogP contribution in [0.15, 0.2) is 16.7 Å². The van der Waals surface area contributed by atoms with E-state index < -0.39 is 17.7 Å². The maximum absolute atomic E-state index is 10.3. The summed E-state index contributed by atoms with van der Waals surface area (Å²) in [5.41, 5.74) is -0.336. The zero-order valence-corrected chi connectivity index (χ0v) is 7.58. The minimum atomic E-state index is -1.38. The van der Waals surface area contributed by atoms with Crippen LogP contribution in [0.2, 0.25) is 0 Å². The number of carboxylic acids is 2. The fourth-order valence-corrected chi connectivity index (χ4v) is 0.643. The first kappa shape index (κ1) is 13.1. The maximum atomic E-state index is 10.3. The van der Waals surface area contributed by atoms with Gasteiger partial charge < -0.3 is 24.8 Å². The van der Waals surface area contributed by atoms with Crippen molar-refractivity contribution in [3.8, 4) is 0 Å². The van der Waals surface area contributed by atoms with Crippen LogP contribution in [-0.4, -0.2) is 45.6 Å². The van der Waals surface area contributed by atoms with Crippen molar-refractivity contribution in [2.75, 3.05) is 13.2 Å². The summed E-state index contributed by atoms with van der Waals surface area (Å²) in [7, 11) is 0. The molecule has 7 nitrogen and oxygen atoms in total. The molecular weight excluding hydrogens is 208 g/mol. The third-order valence-corrected chi connectivity index (χ3v) is 1.19. The lowest BCUT2D eigenvalue weighted by Crippen LogP contribution is -2.03. The number of furan rings is 1. The molecule has 84 valence electrons. The van der Waals surface area contributed by atoms with Gasteiger partial charge in [0.1, 0.15) is 5.56 Å². The fourth-order valence-electron chi connectivity index (χ4n) is 0.643. The monoisotopic (exact) mass is 218 g/mol. The molecule has 0 atom stereocenters. The summed E-state index contributed by atoms with van der Waals surface area (Å²) in [6.07, 6.45) is 1.02. The van der Waals surface area contributed by atoms with Gasteiger partial charge in [0, 0.05) is 0 Å². The molecule has 0 amide bonds. The molecule has 0 fully saturated rings. The second kappa shape index (κ2) is 6.57. The Morgan fingerprint density at radius 2 is 1.67 bits per heavy atom. The van der Waals surface area contributed by atoms with Gasteiger partial charge in [-0.3, -0.25) is 0 Å². The summed E-state index contributed by atoms with van der Waals surface area (Å²) in [4.78, 5) is 20.5. The zero-order chi connectivity index (χ0) is 11.8. The van der Waals surface area contributed by atoms with E-state index in [-0.39, 0.29) is 18.8 Å². The summed E-state index contributed by atoms with van der Waals surface area (Å²) in [6.45, 7) is -0.250.